The minimum atomic E-state index is -4.09. The second kappa shape index (κ2) is 8.18. The molecule has 0 radical (unpaired) electrons. The first kappa shape index (κ1) is 19.3. The number of hydrogen-bond acceptors (Lipinski definition) is 2. The van der Waals surface area contributed by atoms with E-state index in [1.165, 1.54) is 0 Å². The summed E-state index contributed by atoms with van der Waals surface area (Å²) in [4.78, 5) is 2.18. The maximum absolute atomic E-state index is 12.6. The van der Waals surface area contributed by atoms with E-state index in [2.05, 4.69) is 16.3 Å². The number of benzene rings is 1. The Bertz CT molecular complexity index is 451. The zero-order valence-corrected chi connectivity index (χ0v) is 13.9. The maximum atomic E-state index is 12.6. The van der Waals surface area contributed by atoms with E-state index in [0.29, 0.717) is 0 Å². The van der Waals surface area contributed by atoms with Gasteiger partial charge in [0.1, 0.15) is 0 Å². The van der Waals surface area contributed by atoms with Gasteiger partial charge in [-0.2, -0.15) is 13.2 Å². The van der Waals surface area contributed by atoms with E-state index in [4.69, 9.17) is 0 Å². The molecule has 0 unspecified atom stereocenters. The summed E-state index contributed by atoms with van der Waals surface area (Å²) in [5, 5.41) is 3.25. The fraction of sp³-hybridized carbons (Fsp3) is 0.625. The van der Waals surface area contributed by atoms with Crippen molar-refractivity contribution in [3.8, 4) is 0 Å². The summed E-state index contributed by atoms with van der Waals surface area (Å²) < 4.78 is 37.9. The molecule has 1 heterocycles. The molecule has 1 aromatic carbocycles. The van der Waals surface area contributed by atoms with E-state index in [1.807, 2.05) is 26.0 Å². The smallest absolute Gasteiger partial charge is 0.314 e. The molecular weight excluding hydrogens is 313 g/mol. The van der Waals surface area contributed by atoms with Crippen LogP contribution < -0.4 is 5.32 Å². The van der Waals surface area contributed by atoms with Crippen molar-refractivity contribution in [2.75, 3.05) is 26.2 Å². The number of alkyl halides is 3. The second-order valence-electron chi connectivity index (χ2n) is 5.88. The Balaban J connectivity index is 0.00000242. The van der Waals surface area contributed by atoms with Crippen molar-refractivity contribution in [3.63, 3.8) is 0 Å². The van der Waals surface area contributed by atoms with Gasteiger partial charge in [0.05, 0.1) is 0 Å². The highest BCUT2D eigenvalue weighted by Gasteiger charge is 2.31. The van der Waals surface area contributed by atoms with Gasteiger partial charge in [0.25, 0.3) is 0 Å². The molecule has 1 N–H and O–H groups in total. The Labute approximate surface area is 136 Å². The van der Waals surface area contributed by atoms with Gasteiger partial charge < -0.3 is 5.32 Å². The molecule has 1 fully saturated rings. The Hall–Kier alpha value is -0.780. The van der Waals surface area contributed by atoms with E-state index < -0.39 is 12.6 Å². The molecule has 1 saturated heterocycles. The van der Waals surface area contributed by atoms with Crippen LogP contribution in [0.5, 0.6) is 0 Å². The molecule has 0 aliphatic carbocycles. The van der Waals surface area contributed by atoms with Crippen LogP contribution in [0.1, 0.15) is 35.6 Å². The average Bonchev–Trinajstić information content (AvgIpc) is 2.37. The van der Waals surface area contributed by atoms with Crippen LogP contribution in [0.15, 0.2) is 18.2 Å². The molecule has 6 heteroatoms. The van der Waals surface area contributed by atoms with Crippen LogP contribution >= 0.6 is 12.4 Å². The van der Waals surface area contributed by atoms with Gasteiger partial charge in [-0.05, 0) is 25.8 Å². The predicted octanol–water partition coefficient (Wildman–Crippen LogP) is 4.01. The highest BCUT2D eigenvalue weighted by molar-refractivity contribution is 5.85. The molecule has 0 saturated carbocycles. The Kier molecular flexibility index (Phi) is 7.16. The third kappa shape index (κ3) is 5.78. The van der Waals surface area contributed by atoms with Gasteiger partial charge in [0, 0.05) is 38.6 Å². The average molecular weight is 337 g/mol. The van der Waals surface area contributed by atoms with Crippen LogP contribution in [-0.2, 0) is 0 Å². The summed E-state index contributed by atoms with van der Waals surface area (Å²) in [6.07, 6.45) is -4.69. The molecule has 0 amide bonds. The second-order valence-corrected chi connectivity index (χ2v) is 5.88. The summed E-state index contributed by atoms with van der Waals surface area (Å²) in [5.74, 6) is 0. The Morgan fingerprint density at radius 1 is 1.09 bits per heavy atom. The van der Waals surface area contributed by atoms with Crippen molar-refractivity contribution in [3.05, 3.63) is 34.9 Å². The van der Waals surface area contributed by atoms with Crippen LogP contribution in [0.2, 0.25) is 0 Å². The van der Waals surface area contributed by atoms with E-state index in [0.717, 1.165) is 42.9 Å². The van der Waals surface area contributed by atoms with Crippen LogP contribution in [-0.4, -0.2) is 37.3 Å². The minimum absolute atomic E-state index is 0. The fourth-order valence-electron chi connectivity index (χ4n) is 3.06. The lowest BCUT2D eigenvalue weighted by Gasteiger charge is -2.35. The SMILES string of the molecule is Cc1cc(C)cc([C@@H](CCC(F)(F)F)N2CCNCC2)c1.Cl. The number of nitrogens with zero attached hydrogens (tertiary/aromatic N) is 1. The van der Waals surface area contributed by atoms with Crippen LogP contribution in [0.3, 0.4) is 0 Å². The van der Waals surface area contributed by atoms with Crippen LogP contribution in [0, 0.1) is 13.8 Å². The number of aryl methyl sites for hydroxylation is 2. The van der Waals surface area contributed by atoms with Gasteiger partial charge in [-0.1, -0.05) is 29.3 Å². The van der Waals surface area contributed by atoms with Crippen molar-refractivity contribution in [1.29, 1.82) is 0 Å². The Morgan fingerprint density at radius 3 is 2.14 bits per heavy atom. The van der Waals surface area contributed by atoms with E-state index >= 15 is 0 Å². The third-order valence-electron chi connectivity index (χ3n) is 3.92. The van der Waals surface area contributed by atoms with Crippen molar-refractivity contribution in [2.45, 2.75) is 38.9 Å². The van der Waals surface area contributed by atoms with E-state index in [1.54, 1.807) is 0 Å². The number of rotatable bonds is 4. The number of hydrogen-bond donors (Lipinski definition) is 1. The predicted molar refractivity (Wildman–Crippen MR) is 85.6 cm³/mol. The lowest BCUT2D eigenvalue weighted by molar-refractivity contribution is -0.138. The van der Waals surface area contributed by atoms with Crippen LogP contribution in [0.4, 0.5) is 13.2 Å². The number of halogens is 4. The Morgan fingerprint density at radius 2 is 1.64 bits per heavy atom. The highest BCUT2D eigenvalue weighted by atomic mass is 35.5. The molecule has 0 spiro atoms. The summed E-state index contributed by atoms with van der Waals surface area (Å²) in [6.45, 7) is 7.27. The lowest BCUT2D eigenvalue weighted by atomic mass is 9.96. The maximum Gasteiger partial charge on any atom is 0.389 e. The van der Waals surface area contributed by atoms with Crippen molar-refractivity contribution >= 4 is 12.4 Å². The zero-order chi connectivity index (χ0) is 15.5. The lowest BCUT2D eigenvalue weighted by Crippen LogP contribution is -2.45. The van der Waals surface area contributed by atoms with Gasteiger partial charge in [-0.15, -0.1) is 12.4 Å². The minimum Gasteiger partial charge on any atom is -0.314 e. The first-order valence-electron chi connectivity index (χ1n) is 7.45. The molecule has 22 heavy (non-hydrogen) atoms. The monoisotopic (exact) mass is 336 g/mol. The van der Waals surface area contributed by atoms with E-state index in [9.17, 15) is 13.2 Å². The molecule has 126 valence electrons. The number of nitrogens with one attached hydrogen (secondary N) is 1. The fourth-order valence-corrected chi connectivity index (χ4v) is 3.06. The molecule has 2 rings (SSSR count). The van der Waals surface area contributed by atoms with Gasteiger partial charge in [0.15, 0.2) is 0 Å². The molecule has 0 bridgehead atoms. The first-order chi connectivity index (χ1) is 9.85. The largest absolute Gasteiger partial charge is 0.389 e. The number of piperazine rings is 1. The molecule has 2 nitrogen and oxygen atoms in total. The van der Waals surface area contributed by atoms with Crippen molar-refractivity contribution < 1.29 is 13.2 Å². The van der Waals surface area contributed by atoms with Gasteiger partial charge in [-0.3, -0.25) is 4.90 Å². The van der Waals surface area contributed by atoms with Gasteiger partial charge in [-0.25, -0.2) is 0 Å². The van der Waals surface area contributed by atoms with Crippen LogP contribution in [0.25, 0.3) is 0 Å². The molecule has 1 aromatic rings. The normalized spacial score (nSPS) is 17.9. The van der Waals surface area contributed by atoms with E-state index in [-0.39, 0.29) is 24.9 Å². The summed E-state index contributed by atoms with van der Waals surface area (Å²) in [5.41, 5.74) is 3.23. The molecule has 0 aromatic heterocycles. The van der Waals surface area contributed by atoms with Gasteiger partial charge in [0.2, 0.25) is 0 Å². The molecule has 1 atom stereocenters. The summed E-state index contributed by atoms with van der Waals surface area (Å²) in [6, 6.07) is 5.96. The summed E-state index contributed by atoms with van der Waals surface area (Å²) in [7, 11) is 0. The van der Waals surface area contributed by atoms with Gasteiger partial charge >= 0.3 is 6.18 Å². The highest BCUT2D eigenvalue weighted by Crippen LogP contribution is 2.32. The summed E-state index contributed by atoms with van der Waals surface area (Å²) >= 11 is 0. The van der Waals surface area contributed by atoms with Crippen molar-refractivity contribution in [1.82, 2.24) is 10.2 Å². The standard InChI is InChI=1S/C16H23F3N2.ClH/c1-12-9-13(2)11-14(10-12)15(3-4-16(17,18)19)21-7-5-20-6-8-21;/h9-11,15,20H,3-8H2,1-2H3;1H/t15-;/m1./s1. The molecule has 1 aliphatic heterocycles. The van der Waals surface area contributed by atoms with Crippen molar-refractivity contribution in [2.24, 2.45) is 0 Å². The molecule has 1 aliphatic rings. The first-order valence-corrected chi connectivity index (χ1v) is 7.45. The topological polar surface area (TPSA) is 15.3 Å². The zero-order valence-electron chi connectivity index (χ0n) is 13.0. The quantitative estimate of drug-likeness (QED) is 0.893. The third-order valence-corrected chi connectivity index (χ3v) is 3.92. The molecular formula is C16H24ClF3N2.